The minimum absolute atomic E-state index is 0.311. The van der Waals surface area contributed by atoms with Crippen LogP contribution in [0, 0.1) is 12.7 Å². The first-order valence-corrected chi connectivity index (χ1v) is 6.95. The second-order valence-electron chi connectivity index (χ2n) is 4.97. The number of aromatic nitrogens is 2. The van der Waals surface area contributed by atoms with E-state index >= 15 is 0 Å². The maximum absolute atomic E-state index is 13.4. The molecule has 0 aliphatic carbocycles. The van der Waals surface area contributed by atoms with Crippen LogP contribution in [-0.4, -0.2) is 14.9 Å². The fraction of sp³-hybridized carbons (Fsp3) is 0.400. The first kappa shape index (κ1) is 15.0. The molecule has 2 aromatic rings. The quantitative estimate of drug-likeness (QED) is 0.939. The molecule has 0 amide bonds. The van der Waals surface area contributed by atoms with E-state index in [9.17, 15) is 9.50 Å². The molecular weight excluding hydrogens is 279 g/mol. The molecule has 1 heterocycles. The van der Waals surface area contributed by atoms with Crippen LogP contribution in [0.4, 0.5) is 4.39 Å². The second kappa shape index (κ2) is 5.94. The number of benzene rings is 1. The number of halogens is 2. The Hall–Kier alpha value is -1.39. The van der Waals surface area contributed by atoms with Crippen LogP contribution >= 0.6 is 11.6 Å². The predicted octanol–water partition coefficient (Wildman–Crippen LogP) is 3.36. The van der Waals surface area contributed by atoms with E-state index < -0.39 is 6.10 Å². The smallest absolute Gasteiger partial charge is 0.123 e. The van der Waals surface area contributed by atoms with Crippen molar-refractivity contribution in [3.05, 3.63) is 51.6 Å². The molecule has 3 nitrogen and oxygen atoms in total. The molecule has 0 aliphatic heterocycles. The number of hydrogen-bond donors (Lipinski definition) is 1. The fourth-order valence-electron chi connectivity index (χ4n) is 2.30. The van der Waals surface area contributed by atoms with Gasteiger partial charge in [0.2, 0.25) is 0 Å². The highest BCUT2D eigenvalue weighted by Gasteiger charge is 2.18. The van der Waals surface area contributed by atoms with Gasteiger partial charge in [0.1, 0.15) is 5.82 Å². The first-order valence-electron chi connectivity index (χ1n) is 6.57. The molecule has 0 radical (unpaired) electrons. The molecule has 20 heavy (non-hydrogen) atoms. The first-order chi connectivity index (χ1) is 9.42. The Bertz CT molecular complexity index is 604. The van der Waals surface area contributed by atoms with Crippen molar-refractivity contribution in [3.63, 3.8) is 0 Å². The van der Waals surface area contributed by atoms with Gasteiger partial charge in [0.15, 0.2) is 0 Å². The van der Waals surface area contributed by atoms with Gasteiger partial charge < -0.3 is 5.11 Å². The molecule has 2 rings (SSSR count). The summed E-state index contributed by atoms with van der Waals surface area (Å²) in [6.07, 6.45) is 0.245. The van der Waals surface area contributed by atoms with E-state index in [1.165, 1.54) is 12.1 Å². The number of aliphatic hydroxyl groups excluding tert-OH is 1. The molecule has 1 atom stereocenters. The van der Waals surface area contributed by atoms with E-state index in [-0.39, 0.29) is 5.82 Å². The van der Waals surface area contributed by atoms with E-state index in [2.05, 4.69) is 5.10 Å². The highest BCUT2D eigenvalue weighted by Crippen LogP contribution is 2.27. The van der Waals surface area contributed by atoms with Crippen molar-refractivity contribution in [3.8, 4) is 0 Å². The minimum Gasteiger partial charge on any atom is -0.388 e. The van der Waals surface area contributed by atoms with E-state index in [4.69, 9.17) is 11.6 Å². The molecule has 0 saturated heterocycles. The molecule has 5 heteroatoms. The third-order valence-electron chi connectivity index (χ3n) is 3.34. The Morgan fingerprint density at radius 3 is 2.65 bits per heavy atom. The van der Waals surface area contributed by atoms with Crippen molar-refractivity contribution in [2.45, 2.75) is 32.8 Å². The highest BCUT2D eigenvalue weighted by molar-refractivity contribution is 6.31. The lowest BCUT2D eigenvalue weighted by Crippen LogP contribution is -2.07. The molecule has 1 N–H and O–H groups in total. The highest BCUT2D eigenvalue weighted by atomic mass is 35.5. The van der Waals surface area contributed by atoms with Crippen LogP contribution in [0.1, 0.15) is 35.5 Å². The van der Waals surface area contributed by atoms with Crippen molar-refractivity contribution in [1.82, 2.24) is 9.78 Å². The maximum Gasteiger partial charge on any atom is 0.123 e. The molecular formula is C15H18ClFN2O. The van der Waals surface area contributed by atoms with Gasteiger partial charge in [0.05, 0.1) is 22.5 Å². The maximum atomic E-state index is 13.4. The average molecular weight is 297 g/mol. The standard InChI is InChI=1S/C15H18ClFN2O/c1-4-12-15(16)13(19(3)18-12)8-14(20)10-5-9(2)6-11(17)7-10/h5-7,14,20H,4,8H2,1-3H3. The van der Waals surface area contributed by atoms with Gasteiger partial charge >= 0.3 is 0 Å². The Morgan fingerprint density at radius 2 is 2.10 bits per heavy atom. The van der Waals surface area contributed by atoms with Gasteiger partial charge in [-0.2, -0.15) is 5.10 Å². The summed E-state index contributed by atoms with van der Waals surface area (Å²) in [6.45, 7) is 3.77. The zero-order valence-electron chi connectivity index (χ0n) is 11.8. The van der Waals surface area contributed by atoms with Crippen molar-refractivity contribution in [2.75, 3.05) is 0 Å². The summed E-state index contributed by atoms with van der Waals surface area (Å²) in [5.41, 5.74) is 2.91. The zero-order chi connectivity index (χ0) is 14.9. The topological polar surface area (TPSA) is 38.0 Å². The SMILES string of the molecule is CCc1nn(C)c(CC(O)c2cc(C)cc(F)c2)c1Cl. The molecule has 0 aliphatic rings. The van der Waals surface area contributed by atoms with Crippen LogP contribution in [0.2, 0.25) is 5.02 Å². The zero-order valence-corrected chi connectivity index (χ0v) is 12.6. The van der Waals surface area contributed by atoms with Crippen LogP contribution in [0.3, 0.4) is 0 Å². The van der Waals surface area contributed by atoms with Crippen molar-refractivity contribution in [1.29, 1.82) is 0 Å². The van der Waals surface area contributed by atoms with E-state index in [1.807, 2.05) is 6.92 Å². The van der Waals surface area contributed by atoms with Crippen molar-refractivity contribution >= 4 is 11.6 Å². The molecule has 0 bridgehead atoms. The van der Waals surface area contributed by atoms with Gasteiger partial charge in [-0.15, -0.1) is 0 Å². The summed E-state index contributed by atoms with van der Waals surface area (Å²) in [5, 5.41) is 15.2. The average Bonchev–Trinajstić information content (AvgIpc) is 2.65. The Kier molecular flexibility index (Phi) is 4.45. The van der Waals surface area contributed by atoms with Crippen LogP contribution in [0.5, 0.6) is 0 Å². The van der Waals surface area contributed by atoms with E-state index in [0.717, 1.165) is 23.4 Å². The van der Waals surface area contributed by atoms with Crippen LogP contribution in [0.25, 0.3) is 0 Å². The lowest BCUT2D eigenvalue weighted by molar-refractivity contribution is 0.175. The van der Waals surface area contributed by atoms with Gasteiger partial charge in [0.25, 0.3) is 0 Å². The van der Waals surface area contributed by atoms with E-state index in [0.29, 0.717) is 17.0 Å². The Morgan fingerprint density at radius 1 is 1.40 bits per heavy atom. The number of aliphatic hydroxyl groups is 1. The Balaban J connectivity index is 2.27. The molecule has 1 aromatic heterocycles. The summed E-state index contributed by atoms with van der Waals surface area (Å²) in [4.78, 5) is 0. The second-order valence-corrected chi connectivity index (χ2v) is 5.34. The summed E-state index contributed by atoms with van der Waals surface area (Å²) < 4.78 is 15.1. The lowest BCUT2D eigenvalue weighted by Gasteiger charge is -2.12. The largest absolute Gasteiger partial charge is 0.388 e. The van der Waals surface area contributed by atoms with Gasteiger partial charge in [-0.05, 0) is 36.6 Å². The number of rotatable bonds is 4. The van der Waals surface area contributed by atoms with Crippen LogP contribution < -0.4 is 0 Å². The van der Waals surface area contributed by atoms with Crippen LogP contribution in [-0.2, 0) is 19.9 Å². The summed E-state index contributed by atoms with van der Waals surface area (Å²) in [6, 6.07) is 4.56. The lowest BCUT2D eigenvalue weighted by atomic mass is 10.0. The number of aryl methyl sites for hydroxylation is 3. The third kappa shape index (κ3) is 3.02. The van der Waals surface area contributed by atoms with Crippen molar-refractivity contribution < 1.29 is 9.50 Å². The fourth-order valence-corrected chi connectivity index (χ4v) is 2.67. The number of nitrogens with zero attached hydrogens (tertiary/aromatic N) is 2. The monoisotopic (exact) mass is 296 g/mol. The van der Waals surface area contributed by atoms with Gasteiger partial charge in [-0.25, -0.2) is 4.39 Å². The van der Waals surface area contributed by atoms with Crippen LogP contribution in [0.15, 0.2) is 18.2 Å². The third-order valence-corrected chi connectivity index (χ3v) is 3.78. The molecule has 0 fully saturated rings. The predicted molar refractivity (Wildman–Crippen MR) is 77.4 cm³/mol. The van der Waals surface area contributed by atoms with Gasteiger partial charge in [-0.3, -0.25) is 4.68 Å². The minimum atomic E-state index is -0.804. The van der Waals surface area contributed by atoms with Crippen molar-refractivity contribution in [2.24, 2.45) is 7.05 Å². The van der Waals surface area contributed by atoms with Gasteiger partial charge in [0, 0.05) is 13.5 Å². The molecule has 0 saturated carbocycles. The molecule has 0 spiro atoms. The summed E-state index contributed by atoms with van der Waals surface area (Å²) >= 11 is 6.26. The number of hydrogen-bond acceptors (Lipinski definition) is 2. The molecule has 1 aromatic carbocycles. The normalized spacial score (nSPS) is 12.7. The van der Waals surface area contributed by atoms with Gasteiger partial charge in [-0.1, -0.05) is 24.6 Å². The molecule has 108 valence electrons. The van der Waals surface area contributed by atoms with E-state index in [1.54, 1.807) is 24.7 Å². The summed E-state index contributed by atoms with van der Waals surface area (Å²) in [7, 11) is 1.80. The molecule has 1 unspecified atom stereocenters. The Labute approximate surface area is 123 Å². The summed E-state index contributed by atoms with van der Waals surface area (Å²) in [5.74, 6) is -0.343.